The van der Waals surface area contributed by atoms with Crippen molar-refractivity contribution in [3.63, 3.8) is 0 Å². The third-order valence-corrected chi connectivity index (χ3v) is 4.07. The molecular formula is C14H17NO3. The molecule has 2 unspecified atom stereocenters. The fraction of sp³-hybridized carbons (Fsp3) is 0.571. The quantitative estimate of drug-likeness (QED) is 0.821. The van der Waals surface area contributed by atoms with Crippen LogP contribution in [0.25, 0.3) is 0 Å². The van der Waals surface area contributed by atoms with Gasteiger partial charge in [0.15, 0.2) is 11.5 Å². The lowest BCUT2D eigenvalue weighted by atomic mass is 9.92. The summed E-state index contributed by atoms with van der Waals surface area (Å²) in [4.78, 5) is 0. The lowest BCUT2D eigenvalue weighted by Crippen LogP contribution is -2.33. The zero-order valence-corrected chi connectivity index (χ0v) is 10.3. The van der Waals surface area contributed by atoms with E-state index in [1.807, 2.05) is 0 Å². The molecule has 3 aliphatic rings. The van der Waals surface area contributed by atoms with Crippen LogP contribution in [0.3, 0.4) is 0 Å². The number of rotatable bonds is 1. The average Bonchev–Trinajstić information content (AvgIpc) is 3.06. The Labute approximate surface area is 106 Å². The van der Waals surface area contributed by atoms with E-state index in [1.54, 1.807) is 0 Å². The first kappa shape index (κ1) is 10.6. The molecule has 0 amide bonds. The van der Waals surface area contributed by atoms with Gasteiger partial charge in [-0.3, -0.25) is 0 Å². The summed E-state index contributed by atoms with van der Waals surface area (Å²) in [5.41, 5.74) is 2.63. The van der Waals surface area contributed by atoms with E-state index in [2.05, 4.69) is 17.4 Å². The van der Waals surface area contributed by atoms with E-state index in [9.17, 15) is 0 Å². The zero-order valence-electron chi connectivity index (χ0n) is 10.3. The predicted octanol–water partition coefficient (Wildman–Crippen LogP) is 1.78. The van der Waals surface area contributed by atoms with Crippen molar-refractivity contribution < 1.29 is 14.2 Å². The zero-order chi connectivity index (χ0) is 11.9. The molecule has 3 heterocycles. The van der Waals surface area contributed by atoms with Crippen molar-refractivity contribution in [2.75, 3.05) is 19.9 Å². The molecule has 0 aliphatic carbocycles. The molecule has 1 aromatic carbocycles. The molecule has 18 heavy (non-hydrogen) atoms. The third-order valence-electron chi connectivity index (χ3n) is 4.07. The minimum atomic E-state index is 0.172. The van der Waals surface area contributed by atoms with Crippen molar-refractivity contribution in [2.24, 2.45) is 0 Å². The Morgan fingerprint density at radius 1 is 1.17 bits per heavy atom. The number of hydrogen-bond acceptors (Lipinski definition) is 4. The summed E-state index contributed by atoms with van der Waals surface area (Å²) in [5.74, 6) is 1.75. The molecule has 0 aromatic heterocycles. The van der Waals surface area contributed by atoms with Gasteiger partial charge in [0.2, 0.25) is 6.79 Å². The van der Waals surface area contributed by atoms with Crippen LogP contribution in [0.5, 0.6) is 11.5 Å². The normalized spacial score (nSPS) is 29.3. The summed E-state index contributed by atoms with van der Waals surface area (Å²) in [6, 6.07) is 4.69. The van der Waals surface area contributed by atoms with Gasteiger partial charge in [-0.25, -0.2) is 0 Å². The van der Waals surface area contributed by atoms with Crippen molar-refractivity contribution in [3.05, 3.63) is 23.3 Å². The molecule has 3 aliphatic heterocycles. The predicted molar refractivity (Wildman–Crippen MR) is 66.0 cm³/mol. The van der Waals surface area contributed by atoms with Crippen molar-refractivity contribution >= 4 is 0 Å². The Hall–Kier alpha value is -1.26. The molecule has 1 fully saturated rings. The smallest absolute Gasteiger partial charge is 0.231 e. The second-order valence-electron chi connectivity index (χ2n) is 5.15. The maximum atomic E-state index is 5.99. The van der Waals surface area contributed by atoms with Crippen LogP contribution in [0.4, 0.5) is 0 Å². The topological polar surface area (TPSA) is 39.7 Å². The first-order valence-corrected chi connectivity index (χ1v) is 6.69. The molecule has 1 saturated heterocycles. The lowest BCUT2D eigenvalue weighted by Gasteiger charge is -2.30. The Balaban J connectivity index is 1.73. The van der Waals surface area contributed by atoms with Gasteiger partial charge < -0.3 is 19.5 Å². The Bertz CT molecular complexity index is 468. The highest BCUT2D eigenvalue weighted by Gasteiger charge is 2.32. The van der Waals surface area contributed by atoms with Crippen LogP contribution in [0, 0.1) is 0 Å². The van der Waals surface area contributed by atoms with Crippen LogP contribution >= 0.6 is 0 Å². The molecule has 0 radical (unpaired) electrons. The molecule has 96 valence electrons. The first-order valence-electron chi connectivity index (χ1n) is 6.69. The molecule has 2 atom stereocenters. The van der Waals surface area contributed by atoms with Gasteiger partial charge >= 0.3 is 0 Å². The second kappa shape index (κ2) is 4.14. The summed E-state index contributed by atoms with van der Waals surface area (Å²) in [6.07, 6.45) is 3.57. The van der Waals surface area contributed by atoms with Gasteiger partial charge in [-0.15, -0.1) is 0 Å². The Kier molecular flexibility index (Phi) is 2.45. The maximum absolute atomic E-state index is 5.99. The number of fused-ring (bicyclic) bond motifs is 2. The van der Waals surface area contributed by atoms with Gasteiger partial charge in [-0.05, 0) is 49.1 Å². The highest BCUT2D eigenvalue weighted by molar-refractivity contribution is 5.50. The average molecular weight is 247 g/mol. The van der Waals surface area contributed by atoms with Crippen molar-refractivity contribution in [3.8, 4) is 11.5 Å². The van der Waals surface area contributed by atoms with Crippen LogP contribution in [-0.2, 0) is 11.2 Å². The Morgan fingerprint density at radius 3 is 2.89 bits per heavy atom. The second-order valence-corrected chi connectivity index (χ2v) is 5.15. The van der Waals surface area contributed by atoms with Gasteiger partial charge in [-0.1, -0.05) is 0 Å². The van der Waals surface area contributed by atoms with E-state index in [4.69, 9.17) is 14.2 Å². The molecule has 0 bridgehead atoms. The molecule has 1 aromatic rings. The maximum Gasteiger partial charge on any atom is 0.231 e. The Morgan fingerprint density at radius 2 is 2.06 bits per heavy atom. The minimum absolute atomic E-state index is 0.172. The highest BCUT2D eigenvalue weighted by Crippen LogP contribution is 2.41. The van der Waals surface area contributed by atoms with E-state index in [0.29, 0.717) is 12.8 Å². The molecule has 4 rings (SSSR count). The summed E-state index contributed by atoms with van der Waals surface area (Å²) < 4.78 is 16.9. The largest absolute Gasteiger partial charge is 0.454 e. The van der Waals surface area contributed by atoms with Gasteiger partial charge in [0.1, 0.15) is 0 Å². The molecule has 0 saturated carbocycles. The van der Waals surface area contributed by atoms with E-state index in [1.165, 1.54) is 24.0 Å². The van der Waals surface area contributed by atoms with Gasteiger partial charge in [-0.2, -0.15) is 0 Å². The van der Waals surface area contributed by atoms with E-state index in [0.717, 1.165) is 31.1 Å². The molecule has 0 spiro atoms. The molecule has 4 nitrogen and oxygen atoms in total. The summed E-state index contributed by atoms with van der Waals surface area (Å²) in [5, 5.41) is 3.54. The highest BCUT2D eigenvalue weighted by atomic mass is 16.7. The van der Waals surface area contributed by atoms with Crippen molar-refractivity contribution in [1.82, 2.24) is 5.32 Å². The van der Waals surface area contributed by atoms with Gasteiger partial charge in [0.05, 0.1) is 12.7 Å². The van der Waals surface area contributed by atoms with E-state index >= 15 is 0 Å². The fourth-order valence-corrected chi connectivity index (χ4v) is 3.17. The molecule has 1 N–H and O–H groups in total. The third kappa shape index (κ3) is 1.60. The number of ether oxygens (including phenoxy) is 3. The van der Waals surface area contributed by atoms with Crippen LogP contribution in [-0.4, -0.2) is 26.0 Å². The van der Waals surface area contributed by atoms with E-state index < -0.39 is 0 Å². The number of benzene rings is 1. The van der Waals surface area contributed by atoms with Crippen molar-refractivity contribution in [1.29, 1.82) is 0 Å². The molecule has 4 heteroatoms. The van der Waals surface area contributed by atoms with Crippen LogP contribution in [0.1, 0.15) is 30.1 Å². The summed E-state index contributed by atoms with van der Waals surface area (Å²) in [6.45, 7) is 2.24. The van der Waals surface area contributed by atoms with Crippen LogP contribution in [0.2, 0.25) is 0 Å². The number of nitrogens with one attached hydrogen (secondary N) is 1. The fourth-order valence-electron chi connectivity index (χ4n) is 3.17. The van der Waals surface area contributed by atoms with Crippen LogP contribution < -0.4 is 14.8 Å². The summed E-state index contributed by atoms with van der Waals surface area (Å²) in [7, 11) is 0. The lowest BCUT2D eigenvalue weighted by molar-refractivity contribution is 0.0198. The SMILES string of the molecule is c1c2c(cc3c1OCO3)C(C1CCCN1)OCC2. The monoisotopic (exact) mass is 247 g/mol. The van der Waals surface area contributed by atoms with E-state index in [-0.39, 0.29) is 6.10 Å². The van der Waals surface area contributed by atoms with Crippen LogP contribution in [0.15, 0.2) is 12.1 Å². The first-order chi connectivity index (χ1) is 8.92. The number of hydrogen-bond donors (Lipinski definition) is 1. The summed E-state index contributed by atoms with van der Waals surface area (Å²) >= 11 is 0. The molecular weight excluding hydrogens is 230 g/mol. The van der Waals surface area contributed by atoms with Crippen molar-refractivity contribution in [2.45, 2.75) is 31.4 Å². The standard InChI is InChI=1S/C14H17NO3/c1-2-11(15-4-1)14-10-7-13-12(17-8-18-13)6-9(10)3-5-16-14/h6-7,11,14-15H,1-5,8H2. The minimum Gasteiger partial charge on any atom is -0.454 e. The van der Waals surface area contributed by atoms with Gasteiger partial charge in [0, 0.05) is 6.04 Å². The van der Waals surface area contributed by atoms with Gasteiger partial charge in [0.25, 0.3) is 0 Å².